The molecule has 67 heavy (non-hydrogen) atoms. The number of fused-ring (bicyclic) bond motifs is 6. The lowest BCUT2D eigenvalue weighted by molar-refractivity contribution is -0.438. The van der Waals surface area contributed by atoms with Crippen LogP contribution in [0.1, 0.15) is 97.6 Å². The first-order chi connectivity index (χ1) is 31.1. The molecular weight excluding hydrogens is 937 g/mol. The maximum absolute atomic E-state index is 12.1. The third kappa shape index (κ3) is 10.6. The minimum Gasteiger partial charge on any atom is -0.344 e. The van der Waals surface area contributed by atoms with E-state index in [0.717, 1.165) is 75.1 Å². The van der Waals surface area contributed by atoms with Gasteiger partial charge in [0.1, 0.15) is 6.54 Å². The molecule has 14 nitrogen and oxygen atoms in total. The highest BCUT2D eigenvalue weighted by molar-refractivity contribution is 7.86. The van der Waals surface area contributed by atoms with Crippen LogP contribution in [-0.2, 0) is 51.3 Å². The molecule has 0 radical (unpaired) electrons. The Hall–Kier alpha value is -4.53. The summed E-state index contributed by atoms with van der Waals surface area (Å²) in [4.78, 5) is 1.76. The molecule has 2 aliphatic heterocycles. The first-order valence-corrected chi connectivity index (χ1v) is 28.4. The Bertz CT molecular complexity index is 3310. The highest BCUT2D eigenvalue weighted by Gasteiger charge is 2.46. The Morgan fingerprint density at radius 3 is 1.79 bits per heavy atom. The molecule has 7 rings (SSSR count). The van der Waals surface area contributed by atoms with Crippen molar-refractivity contribution in [1.82, 2.24) is 0 Å². The zero-order valence-corrected chi connectivity index (χ0v) is 41.8. The molecule has 0 unspecified atom stereocenters. The van der Waals surface area contributed by atoms with Gasteiger partial charge >= 0.3 is 0 Å². The summed E-state index contributed by atoms with van der Waals surface area (Å²) < 4.78 is 135. The molecule has 0 atom stereocenters. The lowest BCUT2D eigenvalue weighted by Crippen LogP contribution is -2.28. The maximum Gasteiger partial charge on any atom is 0.294 e. The van der Waals surface area contributed by atoms with Gasteiger partial charge in [-0.15, -0.1) is 0 Å². The average Bonchev–Trinajstić information content (AvgIpc) is 3.58. The normalized spacial score (nSPS) is 19.0. The lowest BCUT2D eigenvalue weighted by Gasteiger charge is -2.28. The van der Waals surface area contributed by atoms with Crippen molar-refractivity contribution < 1.29 is 56.5 Å². The number of nitrogens with zero attached hydrogens (tertiary/aromatic N) is 2. The van der Waals surface area contributed by atoms with E-state index >= 15 is 0 Å². The molecule has 0 fully saturated rings. The fourth-order valence-corrected chi connectivity index (χ4v) is 12.6. The minimum absolute atomic E-state index is 0.132. The van der Waals surface area contributed by atoms with Crippen molar-refractivity contribution in [2.45, 2.75) is 107 Å². The molecule has 0 aromatic heterocycles. The van der Waals surface area contributed by atoms with Gasteiger partial charge in [-0.25, -0.2) is 0 Å². The van der Waals surface area contributed by atoms with Crippen LogP contribution in [0.2, 0.25) is 0 Å². The van der Waals surface area contributed by atoms with E-state index in [9.17, 15) is 51.9 Å². The van der Waals surface area contributed by atoms with Gasteiger partial charge in [-0.05, 0) is 145 Å². The predicted octanol–water partition coefficient (Wildman–Crippen LogP) is 9.50. The van der Waals surface area contributed by atoms with E-state index in [-0.39, 0.29) is 40.1 Å². The number of unbranched alkanes of at least 4 members (excludes halogenated alkanes) is 2. The lowest BCUT2D eigenvalue weighted by atomic mass is 9.77. The van der Waals surface area contributed by atoms with Gasteiger partial charge in [0.2, 0.25) is 5.69 Å². The minimum atomic E-state index is -4.44. The fourth-order valence-electron chi connectivity index (χ4n) is 10.4. The maximum atomic E-state index is 12.1. The Kier molecular flexibility index (Phi) is 13.8. The summed E-state index contributed by atoms with van der Waals surface area (Å²) in [5, 5.41) is 2.92. The van der Waals surface area contributed by atoms with Crippen molar-refractivity contribution >= 4 is 79.1 Å². The Morgan fingerprint density at radius 1 is 0.657 bits per heavy atom. The zero-order valence-electron chi connectivity index (χ0n) is 38.5. The molecule has 360 valence electrons. The van der Waals surface area contributed by atoms with Crippen LogP contribution in [0.4, 0.5) is 11.4 Å². The molecule has 0 spiro atoms. The summed E-state index contributed by atoms with van der Waals surface area (Å²) in [7, 11) is -17.2. The Labute approximate surface area is 394 Å². The Balaban J connectivity index is 1.31. The molecule has 18 heteroatoms. The highest BCUT2D eigenvalue weighted by Crippen LogP contribution is 2.52. The largest absolute Gasteiger partial charge is 0.344 e. The van der Waals surface area contributed by atoms with Crippen molar-refractivity contribution in [1.29, 1.82) is 0 Å². The van der Waals surface area contributed by atoms with Crippen molar-refractivity contribution in [3.63, 3.8) is 0 Å². The second-order valence-electron chi connectivity index (χ2n) is 19.1. The highest BCUT2D eigenvalue weighted by atomic mass is 32.2. The first kappa shape index (κ1) is 50.3. The molecule has 2 heterocycles. The molecule has 4 N–H and O–H groups in total. The van der Waals surface area contributed by atoms with Crippen LogP contribution in [0.25, 0.3) is 21.5 Å². The topological polar surface area (TPSA) is 224 Å². The van der Waals surface area contributed by atoms with Crippen LogP contribution in [0.3, 0.4) is 0 Å². The quantitative estimate of drug-likeness (QED) is 0.0467. The van der Waals surface area contributed by atoms with Gasteiger partial charge in [0.05, 0.1) is 26.7 Å². The van der Waals surface area contributed by atoms with Gasteiger partial charge < -0.3 is 4.90 Å². The predicted molar refractivity (Wildman–Crippen MR) is 263 cm³/mol. The van der Waals surface area contributed by atoms with Gasteiger partial charge in [-0.2, -0.15) is 38.2 Å². The molecule has 0 amide bonds. The summed E-state index contributed by atoms with van der Waals surface area (Å²) in [6.07, 6.45) is 12.6. The SMILES string of the molecule is CC(C)C1=C(C=CC2=[N+](CCCCS(=O)(=O)O)c3ccc4cc(S(=O)(=O)O)ccc4c3C2(C)C)CCCC1=CC=C1N(CCCCS(=O)(=O)O)c2ccc3cc(S(=O)(=O)O)ccc3c2C1(C)C. The van der Waals surface area contributed by atoms with Crippen molar-refractivity contribution in [2.24, 2.45) is 5.92 Å². The van der Waals surface area contributed by atoms with E-state index in [1.54, 1.807) is 12.1 Å². The number of hydrogen-bond acceptors (Lipinski definition) is 9. The number of rotatable bonds is 16. The summed E-state index contributed by atoms with van der Waals surface area (Å²) in [5.74, 6) is -0.595. The second-order valence-corrected chi connectivity index (χ2v) is 25.1. The summed E-state index contributed by atoms with van der Waals surface area (Å²) in [6, 6.07) is 16.6. The second kappa shape index (κ2) is 18.4. The van der Waals surface area contributed by atoms with Crippen molar-refractivity contribution in [2.75, 3.05) is 29.5 Å². The number of allylic oxidation sites excluding steroid dienone is 8. The summed E-state index contributed by atoms with van der Waals surface area (Å²) >= 11 is 0. The van der Waals surface area contributed by atoms with Crippen molar-refractivity contribution in [3.05, 3.63) is 119 Å². The third-order valence-corrected chi connectivity index (χ3v) is 16.7. The molecule has 3 aliphatic rings. The molecule has 0 bridgehead atoms. The van der Waals surface area contributed by atoms with E-state index in [4.69, 9.17) is 0 Å². The van der Waals surface area contributed by atoms with Crippen LogP contribution in [0, 0.1) is 5.92 Å². The standard InChI is InChI=1S/C49H58N2O12S4/c1-32(2)45-33(16-24-43-48(3,4)46-39-20-18-37(66(58,59)60)30-35(39)14-22-41(46)50(43)26-7-9-28-64(52,53)54)12-11-13-34(45)17-25-44-49(5,6)47-40-21-19-38(67(61,62)63)31-36(40)15-23-42(47)51(44)27-8-10-29-65(55,56)57/h14-25,30-32H,7-13,26-29H2,1-6H3,(H3-,52,53,54,55,56,57,58,59,60,61,62,63)/p+1. The van der Waals surface area contributed by atoms with Gasteiger partial charge in [0.25, 0.3) is 40.5 Å². The first-order valence-electron chi connectivity index (χ1n) is 22.3. The van der Waals surface area contributed by atoms with Gasteiger partial charge in [-0.3, -0.25) is 18.2 Å². The third-order valence-electron chi connectivity index (χ3n) is 13.3. The number of hydrogen-bond donors (Lipinski definition) is 4. The molecule has 4 aromatic carbocycles. The van der Waals surface area contributed by atoms with E-state index in [0.29, 0.717) is 36.7 Å². The zero-order chi connectivity index (χ0) is 49.1. The van der Waals surface area contributed by atoms with Crippen molar-refractivity contribution in [3.8, 4) is 0 Å². The van der Waals surface area contributed by atoms with Crippen LogP contribution in [0.5, 0.6) is 0 Å². The molecule has 4 aromatic rings. The molecule has 0 saturated carbocycles. The van der Waals surface area contributed by atoms with Crippen LogP contribution >= 0.6 is 0 Å². The summed E-state index contributed by atoms with van der Waals surface area (Å²) in [5.41, 5.74) is 7.96. The molecule has 1 aliphatic carbocycles. The van der Waals surface area contributed by atoms with Crippen LogP contribution in [-0.4, -0.2) is 86.8 Å². The van der Waals surface area contributed by atoms with E-state index < -0.39 is 51.3 Å². The average molecular weight is 996 g/mol. The van der Waals surface area contributed by atoms with E-state index in [1.165, 1.54) is 29.8 Å². The monoisotopic (exact) mass is 995 g/mol. The van der Waals surface area contributed by atoms with Crippen LogP contribution in [0.15, 0.2) is 117 Å². The summed E-state index contributed by atoms with van der Waals surface area (Å²) in [6.45, 7) is 13.6. The molecular formula is C49H59N2O12S4+. The molecule has 0 saturated heterocycles. The van der Waals surface area contributed by atoms with Gasteiger partial charge in [0.15, 0.2) is 5.71 Å². The van der Waals surface area contributed by atoms with Gasteiger partial charge in [-0.1, -0.05) is 58.0 Å². The Morgan fingerprint density at radius 2 is 1.22 bits per heavy atom. The number of anilines is 1. The number of benzene rings is 4. The van der Waals surface area contributed by atoms with E-state index in [2.05, 4.69) is 75.3 Å². The van der Waals surface area contributed by atoms with Crippen LogP contribution < -0.4 is 4.90 Å². The smallest absolute Gasteiger partial charge is 0.294 e. The van der Waals surface area contributed by atoms with E-state index in [1.807, 2.05) is 24.3 Å². The van der Waals surface area contributed by atoms with Gasteiger partial charge in [0, 0.05) is 47.5 Å². The fraction of sp³-hybridized carbons (Fsp3) is 0.408.